The van der Waals surface area contributed by atoms with Crippen LogP contribution in [-0.4, -0.2) is 0 Å². The van der Waals surface area contributed by atoms with E-state index in [0.717, 1.165) is 134 Å². The van der Waals surface area contributed by atoms with Crippen LogP contribution >= 0.6 is 0 Å². The minimum absolute atomic E-state index is 0.466. The lowest BCUT2D eigenvalue weighted by atomic mass is 9.72. The molecule has 15 aromatic rings. The van der Waals surface area contributed by atoms with Crippen LogP contribution in [0, 0.1) is 13.8 Å². The number of furan rings is 2. The molecule has 0 atom stereocenters. The minimum atomic E-state index is -0.466. The predicted octanol–water partition coefficient (Wildman–Crippen LogP) is 23.6. The zero-order valence-electron chi connectivity index (χ0n) is 50.0. The minimum Gasteiger partial charge on any atom is -0.456 e. The van der Waals surface area contributed by atoms with Gasteiger partial charge in [0, 0.05) is 100 Å². The Labute approximate surface area is 512 Å². The third-order valence-corrected chi connectivity index (χ3v) is 19.0. The van der Waals surface area contributed by atoms with Crippen LogP contribution in [0.3, 0.4) is 0 Å². The molecule has 13 aromatic carbocycles. The zero-order chi connectivity index (χ0) is 59.2. The smallest absolute Gasteiger partial charge is 0.137 e. The third-order valence-electron chi connectivity index (χ3n) is 19.0. The maximum atomic E-state index is 6.87. The molecule has 0 fully saturated rings. The number of fused-ring (bicyclic) bond motifs is 12. The molecule has 422 valence electrons. The van der Waals surface area contributed by atoms with Gasteiger partial charge in [0.25, 0.3) is 0 Å². The van der Waals surface area contributed by atoms with Crippen molar-refractivity contribution in [2.75, 3.05) is 19.6 Å². The van der Waals surface area contributed by atoms with Gasteiger partial charge in [-0.2, -0.15) is 0 Å². The van der Waals surface area contributed by atoms with Gasteiger partial charge >= 0.3 is 0 Å². The van der Waals surface area contributed by atoms with Crippen LogP contribution in [-0.2, 0) is 10.8 Å². The summed E-state index contributed by atoms with van der Waals surface area (Å²) in [6.45, 7) is 14.1. The number of nitrogens with zero attached hydrogens (tertiary/aromatic N) is 4. The van der Waals surface area contributed by atoms with Gasteiger partial charge in [0.05, 0.1) is 34.1 Å². The number of hydrogen-bond donors (Lipinski definition) is 0. The topological polar surface area (TPSA) is 39.2 Å². The van der Waals surface area contributed by atoms with Crippen molar-refractivity contribution in [1.29, 1.82) is 0 Å². The Bertz CT molecular complexity index is 4900. The molecule has 0 spiro atoms. The average molecular weight is 1140 g/mol. The van der Waals surface area contributed by atoms with E-state index in [1.54, 1.807) is 0 Å². The summed E-state index contributed by atoms with van der Waals surface area (Å²) < 4.78 is 13.7. The molecule has 0 bridgehead atoms. The fourth-order valence-corrected chi connectivity index (χ4v) is 14.7. The van der Waals surface area contributed by atoms with Crippen LogP contribution in [0.5, 0.6) is 0 Å². The Hall–Kier alpha value is -10.8. The molecule has 0 saturated heterocycles. The van der Waals surface area contributed by atoms with E-state index in [4.69, 9.17) is 8.83 Å². The van der Waals surface area contributed by atoms with Crippen molar-refractivity contribution in [1.82, 2.24) is 0 Å². The lowest BCUT2D eigenvalue weighted by molar-refractivity contribution is 0.630. The van der Waals surface area contributed by atoms with Gasteiger partial charge in [0.2, 0.25) is 0 Å². The molecule has 0 radical (unpaired) electrons. The van der Waals surface area contributed by atoms with Gasteiger partial charge in [-0.1, -0.05) is 172 Å². The van der Waals surface area contributed by atoms with Gasteiger partial charge in [-0.25, -0.2) is 0 Å². The zero-order valence-corrected chi connectivity index (χ0v) is 50.0. The average Bonchev–Trinajstić information content (AvgIpc) is 0.937. The first-order chi connectivity index (χ1) is 43.0. The second-order valence-corrected chi connectivity index (χ2v) is 25.1. The van der Waals surface area contributed by atoms with E-state index >= 15 is 0 Å². The fraction of sp³-hybridized carbons (Fsp3) is 0.0976. The number of benzene rings is 13. The van der Waals surface area contributed by atoms with Crippen LogP contribution in [0.4, 0.5) is 68.2 Å². The van der Waals surface area contributed by atoms with Crippen LogP contribution in [0.15, 0.2) is 276 Å². The molecule has 2 aromatic heterocycles. The fourth-order valence-electron chi connectivity index (χ4n) is 14.7. The Balaban J connectivity index is 0.967. The molecule has 0 aliphatic carbocycles. The largest absolute Gasteiger partial charge is 0.456 e. The molecule has 6 heteroatoms. The quantitative estimate of drug-likeness (QED) is 0.141. The summed E-state index contributed by atoms with van der Waals surface area (Å²) in [6.07, 6.45) is 0. The van der Waals surface area contributed by atoms with Crippen molar-refractivity contribution in [3.63, 3.8) is 0 Å². The second-order valence-electron chi connectivity index (χ2n) is 25.1. The Kier molecular flexibility index (Phi) is 11.3. The first kappa shape index (κ1) is 51.6. The van der Waals surface area contributed by atoms with Gasteiger partial charge in [-0.05, 0) is 157 Å². The predicted molar refractivity (Wildman–Crippen MR) is 368 cm³/mol. The maximum Gasteiger partial charge on any atom is 0.137 e. The van der Waals surface area contributed by atoms with Gasteiger partial charge in [0.15, 0.2) is 0 Å². The molecule has 2 aliphatic rings. The summed E-state index contributed by atoms with van der Waals surface area (Å²) in [6, 6.07) is 97.8. The van der Waals surface area contributed by atoms with Gasteiger partial charge < -0.3 is 28.4 Å². The van der Waals surface area contributed by atoms with E-state index in [9.17, 15) is 0 Å². The standard InChI is InChI=1S/C82H62N4O2/c1-51-35-39-61-65(43-51)79(85-71-41-37-57(83(53-23-11-7-12-24-53)54-25-13-8-14-26-54)45-67(71)81(3,4)69-47-63-59-31-19-21-33-75(59)87-77(63)49-73(69)85)62-40-36-52(2)44-66(62)80(61)86-72-42-38-58(84(55-27-15-9-16-28-55)56-29-17-10-18-30-56)46-68(72)82(5,6)70-48-64-60-32-20-22-34-76(60)88-78(64)50-74(70)86/h7-50H,1-6H3. The highest BCUT2D eigenvalue weighted by Crippen LogP contribution is 2.62. The van der Waals surface area contributed by atoms with Crippen molar-refractivity contribution >= 4 is 134 Å². The van der Waals surface area contributed by atoms with E-state index in [2.05, 4.69) is 328 Å². The molecular weight excluding hydrogens is 1070 g/mol. The van der Waals surface area contributed by atoms with E-state index in [1.165, 1.54) is 33.4 Å². The van der Waals surface area contributed by atoms with E-state index in [0.29, 0.717) is 0 Å². The van der Waals surface area contributed by atoms with Gasteiger partial charge in [-0.15, -0.1) is 0 Å². The molecule has 0 N–H and O–H groups in total. The SMILES string of the molecule is Cc1ccc2c(N3c4ccc(N(c5ccccc5)c5ccccc5)cc4C(C)(C)c4cc5c(cc43)oc3ccccc35)c3cc(C)ccc3c(N3c4ccc(N(c5ccccc5)c5ccccc5)cc4C(C)(C)c4cc5c(cc43)oc3ccccc35)c2c1. The molecule has 17 rings (SSSR count). The number of anilines is 12. The van der Waals surface area contributed by atoms with Crippen molar-refractivity contribution < 1.29 is 8.83 Å². The molecule has 2 aliphatic heterocycles. The Morgan fingerprint density at radius 1 is 0.261 bits per heavy atom. The van der Waals surface area contributed by atoms with Crippen LogP contribution in [0.2, 0.25) is 0 Å². The molecule has 4 heterocycles. The Morgan fingerprint density at radius 3 is 0.977 bits per heavy atom. The number of para-hydroxylation sites is 6. The highest BCUT2D eigenvalue weighted by molar-refractivity contribution is 6.25. The number of hydrogen-bond acceptors (Lipinski definition) is 6. The second kappa shape index (κ2) is 19.3. The molecule has 0 saturated carbocycles. The summed E-state index contributed by atoms with van der Waals surface area (Å²) in [5, 5.41) is 8.98. The molecular formula is C82H62N4O2. The van der Waals surface area contributed by atoms with E-state index < -0.39 is 10.8 Å². The first-order valence-electron chi connectivity index (χ1n) is 30.6. The molecule has 0 amide bonds. The Morgan fingerprint density at radius 2 is 0.602 bits per heavy atom. The number of rotatable bonds is 8. The van der Waals surface area contributed by atoms with Crippen molar-refractivity contribution in [3.8, 4) is 0 Å². The van der Waals surface area contributed by atoms with Crippen molar-refractivity contribution in [2.24, 2.45) is 0 Å². The summed E-state index contributed by atoms with van der Waals surface area (Å²) in [4.78, 5) is 9.93. The maximum absolute atomic E-state index is 6.87. The van der Waals surface area contributed by atoms with Crippen LogP contribution in [0.1, 0.15) is 61.1 Å². The van der Waals surface area contributed by atoms with Gasteiger partial charge in [-0.3, -0.25) is 0 Å². The first-order valence-corrected chi connectivity index (χ1v) is 30.6. The molecule has 6 nitrogen and oxygen atoms in total. The van der Waals surface area contributed by atoms with E-state index in [-0.39, 0.29) is 0 Å². The lowest BCUT2D eigenvalue weighted by Crippen LogP contribution is -2.32. The van der Waals surface area contributed by atoms with Crippen LogP contribution < -0.4 is 19.6 Å². The highest BCUT2D eigenvalue weighted by atomic mass is 16.3. The monoisotopic (exact) mass is 1130 g/mol. The summed E-state index contributed by atoms with van der Waals surface area (Å²) >= 11 is 0. The highest BCUT2D eigenvalue weighted by Gasteiger charge is 2.43. The normalized spacial score (nSPS) is 13.9. The molecule has 0 unspecified atom stereocenters. The van der Waals surface area contributed by atoms with Crippen molar-refractivity contribution in [3.05, 3.63) is 300 Å². The number of aryl methyl sites for hydroxylation is 2. The summed E-state index contributed by atoms with van der Waals surface area (Å²) in [7, 11) is 0. The summed E-state index contributed by atoms with van der Waals surface area (Å²) in [5.74, 6) is 0. The summed E-state index contributed by atoms with van der Waals surface area (Å²) in [5.41, 5.74) is 23.0. The third kappa shape index (κ3) is 7.74. The molecule has 88 heavy (non-hydrogen) atoms. The lowest BCUT2D eigenvalue weighted by Gasteiger charge is -2.45. The van der Waals surface area contributed by atoms with E-state index in [1.807, 2.05) is 0 Å². The van der Waals surface area contributed by atoms with Gasteiger partial charge in [0.1, 0.15) is 22.3 Å². The van der Waals surface area contributed by atoms with Crippen LogP contribution in [0.25, 0.3) is 65.4 Å². The van der Waals surface area contributed by atoms with Crippen molar-refractivity contribution in [2.45, 2.75) is 52.4 Å².